The highest BCUT2D eigenvalue weighted by Crippen LogP contribution is 2.27. The molecule has 1 unspecified atom stereocenters. The van der Waals surface area contributed by atoms with E-state index >= 15 is 0 Å². The molecule has 0 radical (unpaired) electrons. The Bertz CT molecular complexity index is 431. The van der Waals surface area contributed by atoms with Gasteiger partial charge in [-0.1, -0.05) is 26.8 Å². The fourth-order valence-corrected chi connectivity index (χ4v) is 2.80. The highest BCUT2D eigenvalue weighted by molar-refractivity contribution is 5.98. The Kier molecular flexibility index (Phi) is 3.66. The van der Waals surface area contributed by atoms with E-state index in [2.05, 4.69) is 32.9 Å². The van der Waals surface area contributed by atoms with Crippen molar-refractivity contribution in [2.24, 2.45) is 5.92 Å². The molecule has 92 valence electrons. The fourth-order valence-electron chi connectivity index (χ4n) is 2.80. The molecule has 0 amide bonds. The summed E-state index contributed by atoms with van der Waals surface area (Å²) in [7, 11) is 0. The highest BCUT2D eigenvalue weighted by Gasteiger charge is 2.21. The van der Waals surface area contributed by atoms with Gasteiger partial charge < -0.3 is 0 Å². The minimum absolute atomic E-state index is 0.349. The summed E-state index contributed by atoms with van der Waals surface area (Å²) in [5, 5.41) is 0. The zero-order valence-corrected chi connectivity index (χ0v) is 11.2. The fraction of sp³-hybridized carbons (Fsp3) is 0.562. The summed E-state index contributed by atoms with van der Waals surface area (Å²) in [6.45, 7) is 6.55. The summed E-state index contributed by atoms with van der Waals surface area (Å²) in [4.78, 5) is 12.2. The highest BCUT2D eigenvalue weighted by atomic mass is 16.1. The predicted octanol–water partition coefficient (Wildman–Crippen LogP) is 3.97. The Morgan fingerprint density at radius 2 is 1.82 bits per heavy atom. The van der Waals surface area contributed by atoms with Crippen LogP contribution in [0.4, 0.5) is 0 Å². The lowest BCUT2D eigenvalue weighted by atomic mass is 9.93. The molecular formula is C16H22O. The molecule has 0 aromatic heterocycles. The van der Waals surface area contributed by atoms with Crippen molar-refractivity contribution >= 4 is 5.78 Å². The number of rotatable bonds is 2. The summed E-state index contributed by atoms with van der Waals surface area (Å²) in [5.74, 6) is 0.882. The maximum absolute atomic E-state index is 12.2. The molecule has 0 aliphatic heterocycles. The van der Waals surface area contributed by atoms with Gasteiger partial charge in [-0.15, -0.1) is 0 Å². The lowest BCUT2D eigenvalue weighted by Crippen LogP contribution is -2.05. The second-order valence-corrected chi connectivity index (χ2v) is 5.26. The Morgan fingerprint density at radius 3 is 2.47 bits per heavy atom. The van der Waals surface area contributed by atoms with Crippen LogP contribution >= 0.6 is 0 Å². The number of hydrogen-bond acceptors (Lipinski definition) is 1. The second-order valence-electron chi connectivity index (χ2n) is 5.26. The van der Waals surface area contributed by atoms with Crippen molar-refractivity contribution in [3.63, 3.8) is 0 Å². The van der Waals surface area contributed by atoms with Crippen molar-refractivity contribution < 1.29 is 4.79 Å². The maximum atomic E-state index is 12.2. The third kappa shape index (κ3) is 2.43. The van der Waals surface area contributed by atoms with Crippen LogP contribution in [0.1, 0.15) is 60.7 Å². The van der Waals surface area contributed by atoms with Crippen LogP contribution in [-0.2, 0) is 19.3 Å². The number of hydrogen-bond donors (Lipinski definition) is 0. The van der Waals surface area contributed by atoms with E-state index in [-0.39, 0.29) is 0 Å². The van der Waals surface area contributed by atoms with Crippen LogP contribution < -0.4 is 0 Å². The average molecular weight is 230 g/mol. The van der Waals surface area contributed by atoms with Crippen molar-refractivity contribution in [2.75, 3.05) is 0 Å². The van der Waals surface area contributed by atoms with Crippen LogP contribution in [0, 0.1) is 5.92 Å². The molecule has 0 bridgehead atoms. The third-order valence-electron chi connectivity index (χ3n) is 3.93. The van der Waals surface area contributed by atoms with Crippen LogP contribution in [-0.4, -0.2) is 5.78 Å². The van der Waals surface area contributed by atoms with E-state index in [4.69, 9.17) is 0 Å². The van der Waals surface area contributed by atoms with Crippen molar-refractivity contribution in [3.8, 4) is 0 Å². The molecule has 1 heteroatoms. The van der Waals surface area contributed by atoms with Gasteiger partial charge in [-0.2, -0.15) is 0 Å². The quantitative estimate of drug-likeness (QED) is 0.703. The average Bonchev–Trinajstić information content (AvgIpc) is 2.47. The van der Waals surface area contributed by atoms with Gasteiger partial charge in [0, 0.05) is 12.0 Å². The zero-order valence-electron chi connectivity index (χ0n) is 11.2. The molecule has 1 nitrogen and oxygen atoms in total. The smallest absolute Gasteiger partial charge is 0.163 e. The number of benzene rings is 1. The van der Waals surface area contributed by atoms with Crippen molar-refractivity contribution in [1.29, 1.82) is 0 Å². The van der Waals surface area contributed by atoms with Gasteiger partial charge in [0.1, 0.15) is 0 Å². The van der Waals surface area contributed by atoms with E-state index in [1.165, 1.54) is 16.7 Å². The molecule has 0 saturated heterocycles. The SMILES string of the molecule is CCc1cc2c(cc1CC)C(=O)CC(C)CC2. The molecule has 1 atom stereocenters. The Labute approximate surface area is 104 Å². The molecule has 0 saturated carbocycles. The molecule has 1 aliphatic carbocycles. The number of carbonyl (C=O) groups is 1. The first-order valence-corrected chi connectivity index (χ1v) is 6.83. The number of Topliss-reactive ketones (excluding diaryl/α,β-unsaturated/α-hetero) is 1. The predicted molar refractivity (Wildman–Crippen MR) is 71.6 cm³/mol. The summed E-state index contributed by atoms with van der Waals surface area (Å²) in [5.41, 5.74) is 5.07. The topological polar surface area (TPSA) is 17.1 Å². The molecule has 2 rings (SSSR count). The summed E-state index contributed by atoms with van der Waals surface area (Å²) >= 11 is 0. The first-order valence-electron chi connectivity index (χ1n) is 6.83. The molecule has 0 heterocycles. The molecule has 1 aromatic carbocycles. The normalized spacial score (nSPS) is 19.9. The minimum atomic E-state index is 0.349. The Morgan fingerprint density at radius 1 is 1.18 bits per heavy atom. The van der Waals surface area contributed by atoms with Gasteiger partial charge in [-0.05, 0) is 54.4 Å². The molecule has 0 N–H and O–H groups in total. The van der Waals surface area contributed by atoms with Crippen molar-refractivity contribution in [1.82, 2.24) is 0 Å². The van der Waals surface area contributed by atoms with Crippen LogP contribution in [0.3, 0.4) is 0 Å². The molecule has 17 heavy (non-hydrogen) atoms. The molecule has 1 aliphatic rings. The first-order chi connectivity index (χ1) is 8.15. The van der Waals surface area contributed by atoms with Crippen LogP contribution in [0.2, 0.25) is 0 Å². The van der Waals surface area contributed by atoms with E-state index in [9.17, 15) is 4.79 Å². The number of carbonyl (C=O) groups excluding carboxylic acids is 1. The van der Waals surface area contributed by atoms with E-state index in [0.717, 1.165) is 37.7 Å². The Hall–Kier alpha value is -1.11. The molecule has 0 fully saturated rings. The van der Waals surface area contributed by atoms with Crippen LogP contribution in [0.25, 0.3) is 0 Å². The van der Waals surface area contributed by atoms with Gasteiger partial charge in [0.2, 0.25) is 0 Å². The Balaban J connectivity index is 2.49. The summed E-state index contributed by atoms with van der Waals surface area (Å²) < 4.78 is 0. The molecule has 1 aromatic rings. The molecule has 0 spiro atoms. The zero-order chi connectivity index (χ0) is 12.4. The van der Waals surface area contributed by atoms with Gasteiger partial charge in [0.05, 0.1) is 0 Å². The summed E-state index contributed by atoms with van der Waals surface area (Å²) in [6.07, 6.45) is 5.04. The third-order valence-corrected chi connectivity index (χ3v) is 3.93. The minimum Gasteiger partial charge on any atom is -0.294 e. The standard InChI is InChI=1S/C16H22O/c1-4-12-9-14-7-6-11(3)8-16(17)15(14)10-13(12)5-2/h9-11H,4-8H2,1-3H3. The monoisotopic (exact) mass is 230 g/mol. The van der Waals surface area contributed by atoms with Crippen LogP contribution in [0.5, 0.6) is 0 Å². The van der Waals surface area contributed by atoms with E-state index in [0.29, 0.717) is 11.7 Å². The number of aryl methyl sites for hydroxylation is 3. The van der Waals surface area contributed by atoms with Crippen molar-refractivity contribution in [3.05, 3.63) is 34.4 Å². The van der Waals surface area contributed by atoms with Gasteiger partial charge >= 0.3 is 0 Å². The van der Waals surface area contributed by atoms with Gasteiger partial charge in [0.25, 0.3) is 0 Å². The summed E-state index contributed by atoms with van der Waals surface area (Å²) in [6, 6.07) is 4.44. The second kappa shape index (κ2) is 5.03. The van der Waals surface area contributed by atoms with E-state index < -0.39 is 0 Å². The first kappa shape index (κ1) is 12.3. The van der Waals surface area contributed by atoms with Crippen LogP contribution in [0.15, 0.2) is 12.1 Å². The van der Waals surface area contributed by atoms with Gasteiger partial charge in [0.15, 0.2) is 5.78 Å². The lowest BCUT2D eigenvalue weighted by Gasteiger charge is -2.12. The van der Waals surface area contributed by atoms with Crippen molar-refractivity contribution in [2.45, 2.75) is 52.9 Å². The lowest BCUT2D eigenvalue weighted by molar-refractivity contribution is 0.0967. The van der Waals surface area contributed by atoms with E-state index in [1.807, 2.05) is 0 Å². The van der Waals surface area contributed by atoms with Gasteiger partial charge in [-0.3, -0.25) is 4.79 Å². The van der Waals surface area contributed by atoms with E-state index in [1.54, 1.807) is 0 Å². The largest absolute Gasteiger partial charge is 0.294 e. The number of fused-ring (bicyclic) bond motifs is 1. The molecular weight excluding hydrogens is 208 g/mol. The maximum Gasteiger partial charge on any atom is 0.163 e. The number of ketones is 1. The van der Waals surface area contributed by atoms with Gasteiger partial charge in [-0.25, -0.2) is 0 Å².